The molecule has 0 amide bonds. The zero-order chi connectivity index (χ0) is 15.8. The van der Waals surface area contributed by atoms with Crippen LogP contribution in [-0.4, -0.2) is 44.1 Å². The molecule has 0 saturated carbocycles. The zero-order valence-corrected chi connectivity index (χ0v) is 17.0. The minimum atomic E-state index is 0. The van der Waals surface area contributed by atoms with Crippen LogP contribution in [0.1, 0.15) is 30.9 Å². The Kier molecular flexibility index (Phi) is 9.55. The quantitative estimate of drug-likeness (QED) is 0.429. The van der Waals surface area contributed by atoms with Gasteiger partial charge in [-0.2, -0.15) is 0 Å². The molecule has 23 heavy (non-hydrogen) atoms. The van der Waals surface area contributed by atoms with Gasteiger partial charge in [0.05, 0.1) is 0 Å². The van der Waals surface area contributed by atoms with Crippen molar-refractivity contribution < 1.29 is 0 Å². The maximum absolute atomic E-state index is 4.29. The van der Waals surface area contributed by atoms with Gasteiger partial charge in [0, 0.05) is 33.2 Å². The van der Waals surface area contributed by atoms with Crippen LogP contribution in [-0.2, 0) is 6.54 Å². The predicted octanol–water partition coefficient (Wildman–Crippen LogP) is 3.01. The van der Waals surface area contributed by atoms with Crippen molar-refractivity contribution in [3.63, 3.8) is 0 Å². The molecule has 4 nitrogen and oxygen atoms in total. The molecule has 2 rings (SSSR count). The molecule has 0 radical (unpaired) electrons. The van der Waals surface area contributed by atoms with E-state index in [1.807, 2.05) is 7.05 Å². The first kappa shape index (κ1) is 20.2. The van der Waals surface area contributed by atoms with Gasteiger partial charge in [-0.05, 0) is 37.8 Å². The number of piperidine rings is 1. The zero-order valence-electron chi connectivity index (χ0n) is 14.6. The lowest BCUT2D eigenvalue weighted by molar-refractivity contribution is 0.187. The van der Waals surface area contributed by atoms with Crippen molar-refractivity contribution in [1.82, 2.24) is 15.5 Å². The molecule has 5 heteroatoms. The molecule has 1 saturated heterocycles. The van der Waals surface area contributed by atoms with Crippen molar-refractivity contribution in [3.8, 4) is 0 Å². The largest absolute Gasteiger partial charge is 0.355 e. The summed E-state index contributed by atoms with van der Waals surface area (Å²) < 4.78 is 0. The lowest BCUT2D eigenvalue weighted by atomic mass is 10.0. The van der Waals surface area contributed by atoms with E-state index in [0.29, 0.717) is 0 Å². The third-order valence-electron chi connectivity index (χ3n) is 4.27. The molecule has 1 aromatic carbocycles. The predicted molar refractivity (Wildman–Crippen MR) is 110 cm³/mol. The number of hydrogen-bond acceptors (Lipinski definition) is 2. The highest BCUT2D eigenvalue weighted by molar-refractivity contribution is 14.0. The molecule has 130 valence electrons. The molecular formula is C18H31IN4. The topological polar surface area (TPSA) is 39.7 Å². The van der Waals surface area contributed by atoms with Crippen LogP contribution in [0.5, 0.6) is 0 Å². The van der Waals surface area contributed by atoms with Gasteiger partial charge in [0.15, 0.2) is 5.96 Å². The molecule has 1 heterocycles. The number of aliphatic imine (C=N–C) groups is 1. The maximum Gasteiger partial charge on any atom is 0.191 e. The Bertz CT molecular complexity index is 472. The van der Waals surface area contributed by atoms with Crippen molar-refractivity contribution in [2.75, 3.05) is 33.2 Å². The number of guanidine groups is 1. The first-order valence-corrected chi connectivity index (χ1v) is 8.40. The summed E-state index contributed by atoms with van der Waals surface area (Å²) in [6.07, 6.45) is 2.71. The van der Waals surface area contributed by atoms with Crippen molar-refractivity contribution in [2.45, 2.75) is 33.2 Å². The number of hydrogen-bond donors (Lipinski definition) is 2. The standard InChI is InChI=1S/C18H30N4.HI/c1-15-6-8-17(9-7-15)13-21-18(19-3)20-10-12-22-11-4-5-16(2)14-22;/h6-9,16H,4-5,10-14H2,1-3H3,(H2,19,20,21);1H. The molecule has 2 N–H and O–H groups in total. The Morgan fingerprint density at radius 1 is 1.26 bits per heavy atom. The smallest absolute Gasteiger partial charge is 0.191 e. The number of benzene rings is 1. The number of nitrogens with one attached hydrogen (secondary N) is 2. The van der Waals surface area contributed by atoms with Gasteiger partial charge < -0.3 is 15.5 Å². The molecule has 1 unspecified atom stereocenters. The fraction of sp³-hybridized carbons (Fsp3) is 0.611. The fourth-order valence-electron chi connectivity index (χ4n) is 2.93. The van der Waals surface area contributed by atoms with Gasteiger partial charge in [-0.15, -0.1) is 24.0 Å². The van der Waals surface area contributed by atoms with E-state index in [1.54, 1.807) is 0 Å². The Morgan fingerprint density at radius 3 is 2.65 bits per heavy atom. The summed E-state index contributed by atoms with van der Waals surface area (Å²) in [4.78, 5) is 6.84. The van der Waals surface area contributed by atoms with Gasteiger partial charge >= 0.3 is 0 Å². The highest BCUT2D eigenvalue weighted by Crippen LogP contribution is 2.14. The van der Waals surface area contributed by atoms with Gasteiger partial charge in [0.25, 0.3) is 0 Å². The van der Waals surface area contributed by atoms with E-state index in [-0.39, 0.29) is 24.0 Å². The summed E-state index contributed by atoms with van der Waals surface area (Å²) in [5.41, 5.74) is 2.57. The Hall–Kier alpha value is -0.820. The Labute approximate surface area is 158 Å². The summed E-state index contributed by atoms with van der Waals surface area (Å²) >= 11 is 0. The average Bonchev–Trinajstić information content (AvgIpc) is 2.52. The van der Waals surface area contributed by atoms with E-state index in [0.717, 1.165) is 31.5 Å². The van der Waals surface area contributed by atoms with Crippen LogP contribution in [0.2, 0.25) is 0 Å². The second-order valence-corrected chi connectivity index (χ2v) is 6.39. The van der Waals surface area contributed by atoms with Crippen LogP contribution in [0.15, 0.2) is 29.3 Å². The molecular weight excluding hydrogens is 399 g/mol. The molecule has 1 aromatic rings. The van der Waals surface area contributed by atoms with Gasteiger partial charge in [-0.25, -0.2) is 0 Å². The van der Waals surface area contributed by atoms with Crippen molar-refractivity contribution in [1.29, 1.82) is 0 Å². The van der Waals surface area contributed by atoms with Gasteiger partial charge in [-0.1, -0.05) is 36.8 Å². The van der Waals surface area contributed by atoms with Crippen molar-refractivity contribution in [2.24, 2.45) is 10.9 Å². The normalized spacial score (nSPS) is 19.1. The second kappa shape index (κ2) is 10.9. The molecule has 1 aliphatic rings. The highest BCUT2D eigenvalue weighted by Gasteiger charge is 2.15. The van der Waals surface area contributed by atoms with Crippen LogP contribution in [0.4, 0.5) is 0 Å². The minimum absolute atomic E-state index is 0. The van der Waals surface area contributed by atoms with Crippen molar-refractivity contribution in [3.05, 3.63) is 35.4 Å². The third kappa shape index (κ3) is 7.52. The lowest BCUT2D eigenvalue weighted by Crippen LogP contribution is -2.43. The summed E-state index contributed by atoms with van der Waals surface area (Å²) in [5.74, 6) is 1.72. The van der Waals surface area contributed by atoms with Gasteiger partial charge in [0.2, 0.25) is 0 Å². The van der Waals surface area contributed by atoms with E-state index >= 15 is 0 Å². The van der Waals surface area contributed by atoms with E-state index in [4.69, 9.17) is 0 Å². The van der Waals surface area contributed by atoms with Crippen molar-refractivity contribution >= 4 is 29.9 Å². The summed E-state index contributed by atoms with van der Waals surface area (Å²) in [5, 5.41) is 6.78. The number of aryl methyl sites for hydroxylation is 1. The third-order valence-corrected chi connectivity index (χ3v) is 4.27. The number of rotatable bonds is 5. The summed E-state index contributed by atoms with van der Waals surface area (Å²) in [7, 11) is 1.83. The monoisotopic (exact) mass is 430 g/mol. The van der Waals surface area contributed by atoms with Gasteiger partial charge in [-0.3, -0.25) is 4.99 Å². The van der Waals surface area contributed by atoms with E-state index < -0.39 is 0 Å². The fourth-order valence-corrected chi connectivity index (χ4v) is 2.93. The maximum atomic E-state index is 4.29. The Morgan fingerprint density at radius 2 is 2.00 bits per heavy atom. The number of nitrogens with zero attached hydrogens (tertiary/aromatic N) is 2. The van der Waals surface area contributed by atoms with Gasteiger partial charge in [0.1, 0.15) is 0 Å². The van der Waals surface area contributed by atoms with Crippen LogP contribution in [0.3, 0.4) is 0 Å². The van der Waals surface area contributed by atoms with E-state index in [9.17, 15) is 0 Å². The summed E-state index contributed by atoms with van der Waals surface area (Å²) in [6.45, 7) is 9.77. The molecule has 0 aliphatic carbocycles. The average molecular weight is 430 g/mol. The molecule has 0 bridgehead atoms. The van der Waals surface area contributed by atoms with Crippen LogP contribution < -0.4 is 10.6 Å². The first-order chi connectivity index (χ1) is 10.7. The van der Waals surface area contributed by atoms with Crippen LogP contribution in [0.25, 0.3) is 0 Å². The van der Waals surface area contributed by atoms with Crippen LogP contribution >= 0.6 is 24.0 Å². The number of halogens is 1. The molecule has 0 spiro atoms. The molecule has 1 atom stereocenters. The molecule has 1 aliphatic heterocycles. The lowest BCUT2D eigenvalue weighted by Gasteiger charge is -2.30. The minimum Gasteiger partial charge on any atom is -0.355 e. The Balaban J connectivity index is 0.00000264. The first-order valence-electron chi connectivity index (χ1n) is 8.40. The number of likely N-dealkylation sites (tertiary alicyclic amines) is 1. The second-order valence-electron chi connectivity index (χ2n) is 6.39. The molecule has 1 fully saturated rings. The SMILES string of the molecule is CN=C(NCCN1CCCC(C)C1)NCc1ccc(C)cc1.I. The molecule has 0 aromatic heterocycles. The van der Waals surface area contributed by atoms with Crippen LogP contribution in [0, 0.1) is 12.8 Å². The van der Waals surface area contributed by atoms with E-state index in [2.05, 4.69) is 58.6 Å². The van der Waals surface area contributed by atoms with E-state index in [1.165, 1.54) is 37.1 Å². The summed E-state index contributed by atoms with van der Waals surface area (Å²) in [6, 6.07) is 8.60. The highest BCUT2D eigenvalue weighted by atomic mass is 127.